The summed E-state index contributed by atoms with van der Waals surface area (Å²) in [6, 6.07) is 9.42. The summed E-state index contributed by atoms with van der Waals surface area (Å²) in [7, 11) is 3.74. The quantitative estimate of drug-likeness (QED) is 0.726. The third-order valence-corrected chi connectivity index (χ3v) is 2.10. The van der Waals surface area contributed by atoms with Crippen molar-refractivity contribution < 1.29 is 0 Å². The maximum atomic E-state index is 11.7. The number of benzene rings is 1. The molecule has 0 saturated carbocycles. The van der Waals surface area contributed by atoms with Gasteiger partial charge in [-0.3, -0.25) is 4.79 Å². The van der Waals surface area contributed by atoms with E-state index in [0.717, 1.165) is 5.39 Å². The van der Waals surface area contributed by atoms with Crippen molar-refractivity contribution in [2.75, 3.05) is 19.5 Å². The van der Waals surface area contributed by atoms with E-state index in [9.17, 15) is 4.79 Å². The minimum atomic E-state index is -0.0718. The number of aromatic amines is 1. The van der Waals surface area contributed by atoms with Gasteiger partial charge in [0.2, 0.25) is 0 Å². The first-order valence-corrected chi connectivity index (χ1v) is 4.73. The molecular formula is C11H13N3O. The Morgan fingerprint density at radius 2 is 2.00 bits per heavy atom. The Kier molecular flexibility index (Phi) is 2.43. The predicted octanol–water partition coefficient (Wildman–Crippen LogP) is 1.42. The molecule has 1 aromatic heterocycles. The lowest BCUT2D eigenvalue weighted by Crippen LogP contribution is -2.22. The Morgan fingerprint density at radius 3 is 2.73 bits per heavy atom. The zero-order valence-corrected chi connectivity index (χ0v) is 8.74. The molecule has 15 heavy (non-hydrogen) atoms. The molecule has 0 saturated heterocycles. The van der Waals surface area contributed by atoms with Gasteiger partial charge >= 0.3 is 0 Å². The minimum Gasteiger partial charge on any atom is -0.307 e. The van der Waals surface area contributed by atoms with Gasteiger partial charge in [-0.1, -0.05) is 18.2 Å². The van der Waals surface area contributed by atoms with Crippen LogP contribution in [0.1, 0.15) is 0 Å². The van der Waals surface area contributed by atoms with Crippen molar-refractivity contribution in [3.05, 3.63) is 40.7 Å². The highest BCUT2D eigenvalue weighted by Gasteiger charge is 2.00. The summed E-state index contributed by atoms with van der Waals surface area (Å²) in [5.41, 5.74) is 2.94. The van der Waals surface area contributed by atoms with Crippen LogP contribution >= 0.6 is 0 Å². The van der Waals surface area contributed by atoms with E-state index in [2.05, 4.69) is 10.4 Å². The van der Waals surface area contributed by atoms with Gasteiger partial charge in [0.25, 0.3) is 5.56 Å². The van der Waals surface area contributed by atoms with Crippen LogP contribution in [0.5, 0.6) is 0 Å². The number of hydrogen-bond donors (Lipinski definition) is 2. The summed E-state index contributed by atoms with van der Waals surface area (Å²) in [6.07, 6.45) is 0. The van der Waals surface area contributed by atoms with E-state index in [1.807, 2.05) is 44.4 Å². The average Bonchev–Trinajstić information content (AvgIpc) is 2.16. The van der Waals surface area contributed by atoms with E-state index < -0.39 is 0 Å². The van der Waals surface area contributed by atoms with Crippen LogP contribution in [0.15, 0.2) is 35.1 Å². The van der Waals surface area contributed by atoms with E-state index in [1.165, 1.54) is 0 Å². The fraction of sp³-hybridized carbons (Fsp3) is 0.182. The molecule has 0 unspecified atom stereocenters. The molecule has 0 aliphatic carbocycles. The van der Waals surface area contributed by atoms with Crippen molar-refractivity contribution in [3.63, 3.8) is 0 Å². The predicted molar refractivity (Wildman–Crippen MR) is 61.9 cm³/mol. The highest BCUT2D eigenvalue weighted by Crippen LogP contribution is 2.12. The molecule has 2 aromatic rings. The number of hydrogen-bond acceptors (Lipinski definition) is 3. The topological polar surface area (TPSA) is 48.1 Å². The van der Waals surface area contributed by atoms with Gasteiger partial charge in [0.15, 0.2) is 0 Å². The van der Waals surface area contributed by atoms with Gasteiger partial charge in [-0.25, -0.2) is 5.01 Å². The zero-order chi connectivity index (χ0) is 10.8. The number of hydrazine groups is 1. The van der Waals surface area contributed by atoms with Gasteiger partial charge in [-0.05, 0) is 17.5 Å². The highest BCUT2D eigenvalue weighted by atomic mass is 16.1. The van der Waals surface area contributed by atoms with Gasteiger partial charge in [0.1, 0.15) is 5.82 Å². The first-order chi connectivity index (χ1) is 7.16. The maximum Gasteiger partial charge on any atom is 0.257 e. The SMILES string of the molecule is CN(C)Nc1cc2ccccc2c(=O)[nH]1. The number of anilines is 1. The van der Waals surface area contributed by atoms with Crippen molar-refractivity contribution in [3.8, 4) is 0 Å². The molecule has 0 atom stereocenters. The molecule has 0 radical (unpaired) electrons. The van der Waals surface area contributed by atoms with Crippen molar-refractivity contribution in [1.29, 1.82) is 0 Å². The molecule has 2 N–H and O–H groups in total. The smallest absolute Gasteiger partial charge is 0.257 e. The number of H-pyrrole nitrogens is 1. The molecule has 2 rings (SSSR count). The monoisotopic (exact) mass is 203 g/mol. The third-order valence-electron chi connectivity index (χ3n) is 2.10. The number of aromatic nitrogens is 1. The second-order valence-corrected chi connectivity index (χ2v) is 3.61. The average molecular weight is 203 g/mol. The molecule has 1 aromatic carbocycles. The van der Waals surface area contributed by atoms with Crippen LogP contribution in [-0.2, 0) is 0 Å². The Bertz CT molecular complexity index is 531. The summed E-state index contributed by atoms with van der Waals surface area (Å²) in [6.45, 7) is 0. The molecule has 0 bridgehead atoms. The Morgan fingerprint density at radius 1 is 1.27 bits per heavy atom. The first-order valence-electron chi connectivity index (χ1n) is 4.73. The Balaban J connectivity index is 2.57. The molecule has 0 aliphatic heterocycles. The van der Waals surface area contributed by atoms with Gasteiger partial charge in [0.05, 0.1) is 0 Å². The summed E-state index contributed by atoms with van der Waals surface area (Å²) in [5, 5.41) is 3.42. The van der Waals surface area contributed by atoms with Crippen molar-refractivity contribution in [2.24, 2.45) is 0 Å². The van der Waals surface area contributed by atoms with Crippen molar-refractivity contribution in [2.45, 2.75) is 0 Å². The van der Waals surface area contributed by atoms with Crippen LogP contribution < -0.4 is 11.0 Å². The number of fused-ring (bicyclic) bond motifs is 1. The first kappa shape index (κ1) is 9.73. The summed E-state index contributed by atoms with van der Waals surface area (Å²) >= 11 is 0. The number of nitrogens with one attached hydrogen (secondary N) is 2. The molecule has 4 nitrogen and oxygen atoms in total. The molecule has 78 valence electrons. The number of rotatable bonds is 2. The number of pyridine rings is 1. The Hall–Kier alpha value is -1.81. The molecule has 0 spiro atoms. The second-order valence-electron chi connectivity index (χ2n) is 3.61. The molecule has 0 amide bonds. The number of nitrogens with zero attached hydrogens (tertiary/aromatic N) is 1. The van der Waals surface area contributed by atoms with Crippen LogP contribution in [0.4, 0.5) is 5.82 Å². The van der Waals surface area contributed by atoms with E-state index >= 15 is 0 Å². The maximum absolute atomic E-state index is 11.7. The second kappa shape index (κ2) is 3.74. The lowest BCUT2D eigenvalue weighted by Gasteiger charge is -2.13. The lowest BCUT2D eigenvalue weighted by molar-refractivity contribution is 0.492. The van der Waals surface area contributed by atoms with Crippen LogP contribution in [-0.4, -0.2) is 24.1 Å². The molecule has 0 fully saturated rings. The van der Waals surface area contributed by atoms with Gasteiger partial charge in [-0.2, -0.15) is 0 Å². The minimum absolute atomic E-state index is 0.0718. The standard InChI is InChI=1S/C11H13N3O/c1-14(2)13-10-7-8-5-3-4-6-9(8)11(15)12-10/h3-7H,1-2H3,(H2,12,13,15). The molecular weight excluding hydrogens is 190 g/mol. The van der Waals surface area contributed by atoms with Gasteiger partial charge in [0, 0.05) is 19.5 Å². The summed E-state index contributed by atoms with van der Waals surface area (Å²) in [5.74, 6) is 0.698. The van der Waals surface area contributed by atoms with Crippen molar-refractivity contribution in [1.82, 2.24) is 9.99 Å². The van der Waals surface area contributed by atoms with E-state index in [4.69, 9.17) is 0 Å². The lowest BCUT2D eigenvalue weighted by atomic mass is 10.2. The zero-order valence-electron chi connectivity index (χ0n) is 8.74. The van der Waals surface area contributed by atoms with Crippen LogP contribution in [0.3, 0.4) is 0 Å². The highest BCUT2D eigenvalue weighted by molar-refractivity contribution is 5.83. The van der Waals surface area contributed by atoms with Crippen LogP contribution in [0, 0.1) is 0 Å². The normalized spacial score (nSPS) is 10.9. The van der Waals surface area contributed by atoms with Crippen LogP contribution in [0.25, 0.3) is 10.8 Å². The van der Waals surface area contributed by atoms with E-state index in [-0.39, 0.29) is 5.56 Å². The fourth-order valence-electron chi connectivity index (χ4n) is 1.51. The van der Waals surface area contributed by atoms with Gasteiger partial charge < -0.3 is 10.4 Å². The summed E-state index contributed by atoms with van der Waals surface area (Å²) < 4.78 is 0. The molecule has 0 aliphatic rings. The van der Waals surface area contributed by atoms with E-state index in [0.29, 0.717) is 11.2 Å². The van der Waals surface area contributed by atoms with E-state index in [1.54, 1.807) is 5.01 Å². The van der Waals surface area contributed by atoms with Gasteiger partial charge in [-0.15, -0.1) is 0 Å². The molecule has 4 heteroatoms. The third kappa shape index (κ3) is 1.99. The fourth-order valence-corrected chi connectivity index (χ4v) is 1.51. The summed E-state index contributed by atoms with van der Waals surface area (Å²) in [4.78, 5) is 14.4. The Labute approximate surface area is 87.5 Å². The molecule has 1 heterocycles. The van der Waals surface area contributed by atoms with Crippen LogP contribution in [0.2, 0.25) is 0 Å². The van der Waals surface area contributed by atoms with Crippen molar-refractivity contribution >= 4 is 16.6 Å². The largest absolute Gasteiger partial charge is 0.307 e.